The Labute approximate surface area is 122 Å². The molecule has 0 aromatic heterocycles. The summed E-state index contributed by atoms with van der Waals surface area (Å²) in [6, 6.07) is 15.0. The van der Waals surface area contributed by atoms with E-state index in [4.69, 9.17) is 4.52 Å². The first-order valence-electron chi connectivity index (χ1n) is 6.96. The zero-order valence-electron chi connectivity index (χ0n) is 12.2. The normalized spacial score (nSPS) is 14.6. The quantitative estimate of drug-likeness (QED) is 0.619. The molecule has 2 heteroatoms. The van der Waals surface area contributed by atoms with Crippen LogP contribution in [-0.2, 0) is 11.8 Å². The first kappa shape index (κ1) is 13.4. The molecule has 2 aromatic rings. The van der Waals surface area contributed by atoms with Crippen molar-refractivity contribution in [1.82, 2.24) is 0 Å². The summed E-state index contributed by atoms with van der Waals surface area (Å²) in [7, 11) is 0.894. The molecule has 0 fully saturated rings. The highest BCUT2D eigenvalue weighted by atomic mass is 31.1. The Hall–Kier alpha value is -1.59. The molecule has 1 heterocycles. The van der Waals surface area contributed by atoms with Crippen molar-refractivity contribution in [3.8, 4) is 5.75 Å². The van der Waals surface area contributed by atoms with Crippen LogP contribution in [0.2, 0.25) is 0 Å². The standard InChI is InChI=1S/C18H19OP/c1-18(2,3)16-9-6-10-17-15(16)11-13-7-4-5-8-14(13)12-20-19-17/h4-10,12H,11H2,1-3H3. The van der Waals surface area contributed by atoms with Gasteiger partial charge in [0.1, 0.15) is 14.2 Å². The van der Waals surface area contributed by atoms with Gasteiger partial charge in [-0.1, -0.05) is 57.2 Å². The maximum absolute atomic E-state index is 5.94. The van der Waals surface area contributed by atoms with Crippen molar-refractivity contribution >= 4 is 14.2 Å². The van der Waals surface area contributed by atoms with E-state index >= 15 is 0 Å². The summed E-state index contributed by atoms with van der Waals surface area (Å²) < 4.78 is 5.94. The Kier molecular flexibility index (Phi) is 3.40. The topological polar surface area (TPSA) is 9.23 Å². The molecule has 1 aliphatic heterocycles. The molecule has 1 aliphatic rings. The third-order valence-corrected chi connectivity index (χ3v) is 4.39. The fourth-order valence-corrected chi connectivity index (χ4v) is 3.39. The maximum atomic E-state index is 5.94. The summed E-state index contributed by atoms with van der Waals surface area (Å²) in [5, 5.41) is 0. The van der Waals surface area contributed by atoms with Gasteiger partial charge in [0, 0.05) is 17.8 Å². The molecule has 0 atom stereocenters. The highest BCUT2D eigenvalue weighted by Gasteiger charge is 2.22. The molecule has 20 heavy (non-hydrogen) atoms. The summed E-state index contributed by atoms with van der Waals surface area (Å²) in [6.45, 7) is 6.78. The van der Waals surface area contributed by atoms with Crippen molar-refractivity contribution in [3.63, 3.8) is 0 Å². The Balaban J connectivity index is 2.18. The molecule has 0 saturated heterocycles. The van der Waals surface area contributed by atoms with Gasteiger partial charge in [-0.05, 0) is 28.2 Å². The Morgan fingerprint density at radius 3 is 2.60 bits per heavy atom. The highest BCUT2D eigenvalue weighted by molar-refractivity contribution is 7.34. The van der Waals surface area contributed by atoms with Crippen LogP contribution in [0.25, 0.3) is 0 Å². The molecule has 0 spiro atoms. The van der Waals surface area contributed by atoms with Crippen molar-refractivity contribution in [2.45, 2.75) is 32.6 Å². The van der Waals surface area contributed by atoms with Gasteiger partial charge in [0.25, 0.3) is 0 Å². The van der Waals surface area contributed by atoms with Gasteiger partial charge < -0.3 is 4.52 Å². The van der Waals surface area contributed by atoms with Crippen molar-refractivity contribution in [1.29, 1.82) is 0 Å². The molecule has 0 saturated carbocycles. The predicted octanol–water partition coefficient (Wildman–Crippen LogP) is 4.98. The third-order valence-electron chi connectivity index (χ3n) is 3.71. The highest BCUT2D eigenvalue weighted by Crippen LogP contribution is 2.36. The second-order valence-corrected chi connectivity index (χ2v) is 6.89. The van der Waals surface area contributed by atoms with Gasteiger partial charge in [-0.15, -0.1) is 0 Å². The van der Waals surface area contributed by atoms with Crippen molar-refractivity contribution in [2.24, 2.45) is 0 Å². The van der Waals surface area contributed by atoms with E-state index < -0.39 is 0 Å². The monoisotopic (exact) mass is 282 g/mol. The summed E-state index contributed by atoms with van der Waals surface area (Å²) in [4.78, 5) is 0. The molecular formula is C18H19OP. The predicted molar refractivity (Wildman–Crippen MR) is 87.1 cm³/mol. The second kappa shape index (κ2) is 5.07. The van der Waals surface area contributed by atoms with E-state index in [0.717, 1.165) is 20.6 Å². The van der Waals surface area contributed by atoms with Crippen LogP contribution < -0.4 is 4.52 Å². The lowest BCUT2D eigenvalue weighted by atomic mass is 9.81. The molecule has 2 aromatic carbocycles. The van der Waals surface area contributed by atoms with Crippen LogP contribution in [0.5, 0.6) is 5.75 Å². The van der Waals surface area contributed by atoms with E-state index in [1.807, 2.05) is 0 Å². The molecule has 0 amide bonds. The smallest absolute Gasteiger partial charge is 0.135 e. The van der Waals surface area contributed by atoms with Gasteiger partial charge >= 0.3 is 0 Å². The van der Waals surface area contributed by atoms with Crippen LogP contribution in [-0.4, -0.2) is 5.80 Å². The Bertz CT molecular complexity index is 665. The van der Waals surface area contributed by atoms with Gasteiger partial charge in [0.2, 0.25) is 0 Å². The van der Waals surface area contributed by atoms with E-state index in [0.29, 0.717) is 0 Å². The largest absolute Gasteiger partial charge is 0.439 e. The number of fused-ring (bicyclic) bond motifs is 2. The van der Waals surface area contributed by atoms with Gasteiger partial charge in [-0.25, -0.2) is 0 Å². The fraction of sp³-hybridized carbons (Fsp3) is 0.278. The van der Waals surface area contributed by atoms with E-state index in [9.17, 15) is 0 Å². The number of rotatable bonds is 0. The molecule has 3 rings (SSSR count). The SMILES string of the molecule is CC(C)(C)c1cccc2c1Cc1ccccc1C=PO2. The summed E-state index contributed by atoms with van der Waals surface area (Å²) in [5.41, 5.74) is 5.49. The number of hydrogen-bond acceptors (Lipinski definition) is 1. The minimum Gasteiger partial charge on any atom is -0.439 e. The van der Waals surface area contributed by atoms with Crippen molar-refractivity contribution in [3.05, 3.63) is 64.7 Å². The van der Waals surface area contributed by atoms with Crippen LogP contribution in [0.3, 0.4) is 0 Å². The van der Waals surface area contributed by atoms with Gasteiger partial charge in [-0.2, -0.15) is 0 Å². The first-order valence-corrected chi connectivity index (χ1v) is 7.84. The van der Waals surface area contributed by atoms with Gasteiger partial charge in [-0.3, -0.25) is 0 Å². The summed E-state index contributed by atoms with van der Waals surface area (Å²) in [6.07, 6.45) is 0.935. The van der Waals surface area contributed by atoms with Crippen LogP contribution in [0.1, 0.15) is 43.0 Å². The summed E-state index contributed by atoms with van der Waals surface area (Å²) in [5.74, 6) is 3.16. The fourth-order valence-electron chi connectivity index (χ4n) is 2.69. The van der Waals surface area contributed by atoms with Crippen LogP contribution in [0.4, 0.5) is 0 Å². The summed E-state index contributed by atoms with van der Waals surface area (Å²) >= 11 is 0. The first-order chi connectivity index (χ1) is 9.55. The van der Waals surface area contributed by atoms with E-state index in [-0.39, 0.29) is 5.41 Å². The Morgan fingerprint density at radius 2 is 1.80 bits per heavy atom. The molecule has 0 aliphatic carbocycles. The minimum absolute atomic E-state index is 0.128. The van der Waals surface area contributed by atoms with Crippen LogP contribution >= 0.6 is 8.43 Å². The van der Waals surface area contributed by atoms with E-state index in [2.05, 4.69) is 69.0 Å². The lowest BCUT2D eigenvalue weighted by Gasteiger charge is -2.25. The molecule has 0 radical (unpaired) electrons. The van der Waals surface area contributed by atoms with Crippen molar-refractivity contribution < 1.29 is 4.52 Å². The lowest BCUT2D eigenvalue weighted by molar-refractivity contribution is 0.569. The van der Waals surface area contributed by atoms with E-state index in [1.165, 1.54) is 22.3 Å². The molecular weight excluding hydrogens is 263 g/mol. The zero-order valence-corrected chi connectivity index (χ0v) is 13.1. The van der Waals surface area contributed by atoms with Gasteiger partial charge in [0.15, 0.2) is 0 Å². The van der Waals surface area contributed by atoms with Crippen LogP contribution in [0, 0.1) is 0 Å². The second-order valence-electron chi connectivity index (χ2n) is 6.23. The number of hydrogen-bond donors (Lipinski definition) is 0. The maximum Gasteiger partial charge on any atom is 0.135 e. The average molecular weight is 282 g/mol. The van der Waals surface area contributed by atoms with Gasteiger partial charge in [0.05, 0.1) is 0 Å². The number of benzene rings is 2. The molecule has 0 bridgehead atoms. The molecule has 0 N–H and O–H groups in total. The van der Waals surface area contributed by atoms with Crippen molar-refractivity contribution in [2.75, 3.05) is 0 Å². The molecule has 0 unspecified atom stereocenters. The average Bonchev–Trinajstić information content (AvgIpc) is 2.37. The van der Waals surface area contributed by atoms with E-state index in [1.54, 1.807) is 0 Å². The minimum atomic E-state index is 0.128. The third kappa shape index (κ3) is 2.51. The zero-order chi connectivity index (χ0) is 14.2. The van der Waals surface area contributed by atoms with Crippen LogP contribution in [0.15, 0.2) is 42.5 Å². The molecule has 102 valence electrons. The molecule has 1 nitrogen and oxygen atoms in total. The lowest BCUT2D eigenvalue weighted by Crippen LogP contribution is -2.15. The Morgan fingerprint density at radius 1 is 1.00 bits per heavy atom.